The second-order valence-electron chi connectivity index (χ2n) is 9.21. The number of benzene rings is 2. The van der Waals surface area contributed by atoms with Gasteiger partial charge in [0.05, 0.1) is 11.6 Å². The van der Waals surface area contributed by atoms with Crippen LogP contribution in [0.25, 0.3) is 16.8 Å². The highest BCUT2D eigenvalue weighted by Crippen LogP contribution is 2.30. The van der Waals surface area contributed by atoms with Crippen LogP contribution in [0.3, 0.4) is 0 Å². The molecule has 35 heavy (non-hydrogen) atoms. The Morgan fingerprint density at radius 3 is 2.69 bits per heavy atom. The molecule has 1 N–H and O–H groups in total. The van der Waals surface area contributed by atoms with Gasteiger partial charge in [0.1, 0.15) is 17.2 Å². The van der Waals surface area contributed by atoms with Crippen LogP contribution in [-0.4, -0.2) is 33.6 Å². The highest BCUT2D eigenvalue weighted by molar-refractivity contribution is 5.81. The fourth-order valence-electron chi connectivity index (χ4n) is 4.81. The van der Waals surface area contributed by atoms with Crippen molar-refractivity contribution in [1.82, 2.24) is 19.9 Å². The summed E-state index contributed by atoms with van der Waals surface area (Å²) in [6, 6.07) is 11.6. The molecule has 5 rings (SSSR count). The summed E-state index contributed by atoms with van der Waals surface area (Å²) in [6.07, 6.45) is 5.14. The summed E-state index contributed by atoms with van der Waals surface area (Å²) in [6.45, 7) is 5.54. The maximum atomic E-state index is 13.5. The lowest BCUT2D eigenvalue weighted by atomic mass is 9.97. The average molecular weight is 476 g/mol. The van der Waals surface area contributed by atoms with Crippen LogP contribution >= 0.6 is 0 Å². The van der Waals surface area contributed by atoms with Gasteiger partial charge in [0, 0.05) is 43.7 Å². The Morgan fingerprint density at radius 1 is 1.11 bits per heavy atom. The van der Waals surface area contributed by atoms with Crippen LogP contribution in [0.2, 0.25) is 0 Å². The number of carbonyl (C=O) groups excluding carboxylic acids is 1. The number of anilines is 1. The van der Waals surface area contributed by atoms with Crippen molar-refractivity contribution >= 4 is 17.2 Å². The third-order valence-electron chi connectivity index (χ3n) is 6.51. The summed E-state index contributed by atoms with van der Waals surface area (Å²) in [4.78, 5) is 19.6. The Labute approximate surface area is 202 Å². The van der Waals surface area contributed by atoms with Gasteiger partial charge in [-0.15, -0.1) is 0 Å². The number of aryl methyl sites for hydroxylation is 2. The van der Waals surface area contributed by atoms with Gasteiger partial charge in [-0.1, -0.05) is 23.8 Å². The zero-order chi connectivity index (χ0) is 24.5. The summed E-state index contributed by atoms with van der Waals surface area (Å²) in [7, 11) is 0. The first-order chi connectivity index (χ1) is 16.9. The van der Waals surface area contributed by atoms with Crippen LogP contribution in [0.1, 0.15) is 29.5 Å². The van der Waals surface area contributed by atoms with Crippen molar-refractivity contribution in [2.24, 2.45) is 5.92 Å². The van der Waals surface area contributed by atoms with E-state index in [1.807, 2.05) is 16.8 Å². The first kappa shape index (κ1) is 23.0. The molecule has 1 amide bonds. The molecule has 1 fully saturated rings. The number of hydrogen-bond acceptors (Lipinski definition) is 4. The molecule has 2 aromatic heterocycles. The molecule has 0 bridgehead atoms. The maximum Gasteiger partial charge on any atom is 0.225 e. The van der Waals surface area contributed by atoms with E-state index in [1.54, 1.807) is 6.20 Å². The van der Waals surface area contributed by atoms with Gasteiger partial charge < -0.3 is 10.2 Å². The molecule has 0 aliphatic carbocycles. The topological polar surface area (TPSA) is 62.5 Å². The fourth-order valence-corrected chi connectivity index (χ4v) is 4.81. The van der Waals surface area contributed by atoms with E-state index in [0.717, 1.165) is 53.6 Å². The van der Waals surface area contributed by atoms with Gasteiger partial charge in [0.2, 0.25) is 5.91 Å². The monoisotopic (exact) mass is 475 g/mol. The van der Waals surface area contributed by atoms with E-state index in [1.165, 1.54) is 17.7 Å². The summed E-state index contributed by atoms with van der Waals surface area (Å²) < 4.78 is 28.7. The number of piperidine rings is 1. The van der Waals surface area contributed by atoms with Gasteiger partial charge in [0.15, 0.2) is 5.82 Å². The predicted octanol–water partition coefficient (Wildman–Crippen LogP) is 4.82. The third-order valence-corrected chi connectivity index (χ3v) is 6.51. The van der Waals surface area contributed by atoms with Gasteiger partial charge in [-0.25, -0.2) is 18.3 Å². The lowest BCUT2D eigenvalue weighted by molar-refractivity contribution is -0.125. The number of rotatable bonds is 5. The molecule has 0 unspecified atom stereocenters. The first-order valence-corrected chi connectivity index (χ1v) is 11.8. The standard InChI is InChI=1S/C27H27F2N5O/c1-17-5-6-23(18(2)10-17)24-14-25-26(30-7-9-34(25)32-24)33-8-3-4-20(16-33)27(35)31-15-19-11-21(28)13-22(29)12-19/h5-7,9-14,20H,3-4,8,15-16H2,1-2H3,(H,31,35)/t20-/m0/s1. The molecule has 8 heteroatoms. The van der Waals surface area contributed by atoms with E-state index in [0.29, 0.717) is 12.1 Å². The maximum absolute atomic E-state index is 13.5. The molecule has 0 saturated carbocycles. The minimum absolute atomic E-state index is 0.0831. The second-order valence-corrected chi connectivity index (χ2v) is 9.21. The van der Waals surface area contributed by atoms with Crippen molar-refractivity contribution in [3.05, 3.63) is 83.2 Å². The Kier molecular flexibility index (Phi) is 6.19. The van der Waals surface area contributed by atoms with E-state index in [2.05, 4.69) is 47.2 Å². The summed E-state index contributed by atoms with van der Waals surface area (Å²) >= 11 is 0. The van der Waals surface area contributed by atoms with E-state index in [4.69, 9.17) is 5.10 Å². The van der Waals surface area contributed by atoms with Crippen molar-refractivity contribution in [2.75, 3.05) is 18.0 Å². The normalized spacial score (nSPS) is 16.0. The van der Waals surface area contributed by atoms with E-state index in [-0.39, 0.29) is 18.4 Å². The van der Waals surface area contributed by atoms with Crippen LogP contribution in [0, 0.1) is 31.4 Å². The van der Waals surface area contributed by atoms with Crippen molar-refractivity contribution in [2.45, 2.75) is 33.2 Å². The van der Waals surface area contributed by atoms with Crippen LogP contribution in [0.15, 0.2) is 54.9 Å². The van der Waals surface area contributed by atoms with Crippen LogP contribution < -0.4 is 10.2 Å². The number of fused-ring (bicyclic) bond motifs is 1. The third kappa shape index (κ3) is 4.87. The number of carbonyl (C=O) groups is 1. The lowest BCUT2D eigenvalue weighted by Gasteiger charge is -2.33. The number of aromatic nitrogens is 3. The lowest BCUT2D eigenvalue weighted by Crippen LogP contribution is -2.43. The van der Waals surface area contributed by atoms with E-state index < -0.39 is 11.6 Å². The second kappa shape index (κ2) is 9.44. The Balaban J connectivity index is 1.34. The summed E-state index contributed by atoms with van der Waals surface area (Å²) in [5.41, 5.74) is 5.61. The van der Waals surface area contributed by atoms with Gasteiger partial charge in [0.25, 0.3) is 0 Å². The summed E-state index contributed by atoms with van der Waals surface area (Å²) in [5, 5.41) is 7.60. The number of nitrogens with one attached hydrogen (secondary N) is 1. The highest BCUT2D eigenvalue weighted by atomic mass is 19.1. The molecule has 4 aromatic rings. The van der Waals surface area contributed by atoms with Crippen molar-refractivity contribution in [3.63, 3.8) is 0 Å². The zero-order valence-electron chi connectivity index (χ0n) is 19.8. The van der Waals surface area contributed by atoms with E-state index >= 15 is 0 Å². The molecule has 0 spiro atoms. The molecule has 1 atom stereocenters. The molecule has 180 valence electrons. The van der Waals surface area contributed by atoms with Crippen molar-refractivity contribution in [3.8, 4) is 11.3 Å². The molecular formula is C27H27F2N5O. The van der Waals surface area contributed by atoms with E-state index in [9.17, 15) is 13.6 Å². The largest absolute Gasteiger partial charge is 0.354 e. The van der Waals surface area contributed by atoms with Crippen molar-refractivity contribution in [1.29, 1.82) is 0 Å². The minimum atomic E-state index is -0.654. The van der Waals surface area contributed by atoms with Crippen molar-refractivity contribution < 1.29 is 13.6 Å². The zero-order valence-corrected chi connectivity index (χ0v) is 19.8. The Bertz CT molecular complexity index is 1380. The molecule has 1 saturated heterocycles. The molecule has 1 aliphatic rings. The van der Waals surface area contributed by atoms with Crippen LogP contribution in [0.4, 0.5) is 14.6 Å². The highest BCUT2D eigenvalue weighted by Gasteiger charge is 2.28. The molecule has 1 aliphatic heterocycles. The first-order valence-electron chi connectivity index (χ1n) is 11.8. The smallest absolute Gasteiger partial charge is 0.225 e. The summed E-state index contributed by atoms with van der Waals surface area (Å²) in [5.74, 6) is -0.890. The van der Waals surface area contributed by atoms with Gasteiger partial charge in [-0.3, -0.25) is 4.79 Å². The molecule has 6 nitrogen and oxygen atoms in total. The number of hydrogen-bond donors (Lipinski definition) is 1. The molecule has 0 radical (unpaired) electrons. The van der Waals surface area contributed by atoms with Gasteiger partial charge in [-0.2, -0.15) is 5.10 Å². The Morgan fingerprint density at radius 2 is 1.91 bits per heavy atom. The number of nitrogens with zero attached hydrogens (tertiary/aromatic N) is 4. The van der Waals surface area contributed by atoms with Gasteiger partial charge >= 0.3 is 0 Å². The number of amides is 1. The Hall–Kier alpha value is -3.81. The van der Waals surface area contributed by atoms with Gasteiger partial charge in [-0.05, 0) is 56.0 Å². The quantitative estimate of drug-likeness (QED) is 0.449. The minimum Gasteiger partial charge on any atom is -0.354 e. The SMILES string of the molecule is Cc1ccc(-c2cc3c(N4CCC[C@H](C(=O)NCc5cc(F)cc(F)c5)C4)nccn3n2)c(C)c1. The molecule has 3 heterocycles. The number of halogens is 2. The van der Waals surface area contributed by atoms with Crippen LogP contribution in [-0.2, 0) is 11.3 Å². The molecule has 2 aromatic carbocycles. The van der Waals surface area contributed by atoms with Crippen LogP contribution in [0.5, 0.6) is 0 Å². The predicted molar refractivity (Wildman–Crippen MR) is 131 cm³/mol. The fraction of sp³-hybridized carbons (Fsp3) is 0.296. The average Bonchev–Trinajstić information content (AvgIpc) is 3.26. The molecular weight excluding hydrogens is 448 g/mol.